The van der Waals surface area contributed by atoms with Gasteiger partial charge in [0.05, 0.1) is 4.92 Å². The second-order valence-corrected chi connectivity index (χ2v) is 7.90. The van der Waals surface area contributed by atoms with Gasteiger partial charge in [-0.05, 0) is 47.0 Å². The van der Waals surface area contributed by atoms with Crippen LogP contribution in [0.2, 0.25) is 10.0 Å². The molecule has 0 bridgehead atoms. The Labute approximate surface area is 200 Å². The number of carbonyl (C=O) groups excluding carboxylic acids is 2. The minimum absolute atomic E-state index is 0.147. The summed E-state index contributed by atoms with van der Waals surface area (Å²) in [5, 5.41) is 17.6. The first-order chi connectivity index (χ1) is 15.8. The van der Waals surface area contributed by atoms with Crippen LogP contribution >= 0.6 is 23.2 Å². The van der Waals surface area contributed by atoms with Crippen molar-refractivity contribution in [3.63, 3.8) is 0 Å². The van der Waals surface area contributed by atoms with Crippen molar-refractivity contribution in [3.8, 4) is 0 Å². The molecule has 0 heterocycles. The number of rotatable bonds is 8. The number of nitro benzene ring substituents is 1. The lowest BCUT2D eigenvalue weighted by atomic mass is 10.1. The van der Waals surface area contributed by atoms with E-state index in [1.807, 2.05) is 0 Å². The van der Waals surface area contributed by atoms with Crippen LogP contribution in [0.25, 0.3) is 6.08 Å². The Bertz CT molecular complexity index is 1130. The number of nitro groups is 1. The third-order valence-electron chi connectivity index (χ3n) is 4.61. The molecular weight excluding hydrogens is 465 g/mol. The van der Waals surface area contributed by atoms with E-state index in [0.29, 0.717) is 15.6 Å². The molecule has 2 N–H and O–H groups in total. The molecule has 2 amide bonds. The zero-order valence-corrected chi connectivity index (χ0v) is 18.8. The van der Waals surface area contributed by atoms with E-state index in [1.54, 1.807) is 54.6 Å². The van der Waals surface area contributed by atoms with Gasteiger partial charge in [0.2, 0.25) is 0 Å². The van der Waals surface area contributed by atoms with E-state index in [1.165, 1.54) is 24.3 Å². The molecule has 7 nitrogen and oxygen atoms in total. The average molecular weight is 484 g/mol. The van der Waals surface area contributed by atoms with Gasteiger partial charge in [-0.15, -0.1) is 0 Å². The first-order valence-corrected chi connectivity index (χ1v) is 10.6. The summed E-state index contributed by atoms with van der Waals surface area (Å²) < 4.78 is 0. The van der Waals surface area contributed by atoms with Crippen LogP contribution in [-0.2, 0) is 22.7 Å². The van der Waals surface area contributed by atoms with Gasteiger partial charge in [0.1, 0.15) is 5.57 Å². The van der Waals surface area contributed by atoms with Gasteiger partial charge in [-0.3, -0.25) is 19.7 Å². The maximum absolute atomic E-state index is 12.9. The summed E-state index contributed by atoms with van der Waals surface area (Å²) in [5.41, 5.74) is 1.61. The summed E-state index contributed by atoms with van der Waals surface area (Å²) in [4.78, 5) is 36.3. The van der Waals surface area contributed by atoms with Crippen molar-refractivity contribution >= 4 is 46.8 Å². The normalized spacial score (nSPS) is 10.2. The zero-order chi connectivity index (χ0) is 23.8. The highest BCUT2D eigenvalue weighted by molar-refractivity contribution is 6.30. The zero-order valence-electron chi connectivity index (χ0n) is 17.3. The fourth-order valence-corrected chi connectivity index (χ4v) is 3.14. The third kappa shape index (κ3) is 7.17. The van der Waals surface area contributed by atoms with Crippen LogP contribution in [0, 0.1) is 10.1 Å². The van der Waals surface area contributed by atoms with E-state index in [-0.39, 0.29) is 24.4 Å². The fraction of sp³-hybridized carbons (Fsp3) is 0.0833. The van der Waals surface area contributed by atoms with Crippen LogP contribution in [0.1, 0.15) is 16.7 Å². The summed E-state index contributed by atoms with van der Waals surface area (Å²) in [5.74, 6) is -1.24. The lowest BCUT2D eigenvalue weighted by Gasteiger charge is -2.11. The summed E-state index contributed by atoms with van der Waals surface area (Å²) in [7, 11) is 0. The summed E-state index contributed by atoms with van der Waals surface area (Å²) >= 11 is 11.8. The van der Waals surface area contributed by atoms with Gasteiger partial charge in [-0.25, -0.2) is 0 Å². The number of nitrogens with one attached hydrogen (secondary N) is 2. The monoisotopic (exact) mass is 483 g/mol. The number of carbonyl (C=O) groups is 2. The van der Waals surface area contributed by atoms with E-state index in [2.05, 4.69) is 10.6 Å². The Hall–Kier alpha value is -3.68. The van der Waals surface area contributed by atoms with Crippen LogP contribution in [-0.4, -0.2) is 16.7 Å². The molecule has 33 heavy (non-hydrogen) atoms. The molecule has 3 rings (SSSR count). The van der Waals surface area contributed by atoms with Gasteiger partial charge in [0, 0.05) is 35.3 Å². The summed E-state index contributed by atoms with van der Waals surface area (Å²) in [6, 6.07) is 19.5. The number of hydrogen-bond donors (Lipinski definition) is 2. The number of nitrogens with zero attached hydrogens (tertiary/aromatic N) is 1. The molecular formula is C24H19Cl2N3O4. The molecule has 0 atom stereocenters. The maximum atomic E-state index is 12.9. The Kier molecular flexibility index (Phi) is 8.18. The van der Waals surface area contributed by atoms with E-state index in [0.717, 1.165) is 11.1 Å². The van der Waals surface area contributed by atoms with Gasteiger partial charge in [-0.2, -0.15) is 0 Å². The van der Waals surface area contributed by atoms with Crippen molar-refractivity contribution < 1.29 is 14.5 Å². The van der Waals surface area contributed by atoms with Crippen molar-refractivity contribution in [2.24, 2.45) is 0 Å². The number of benzene rings is 3. The van der Waals surface area contributed by atoms with Crippen LogP contribution in [0.15, 0.2) is 78.4 Å². The molecule has 0 aliphatic heterocycles. The Morgan fingerprint density at radius 1 is 0.818 bits per heavy atom. The van der Waals surface area contributed by atoms with Gasteiger partial charge in [-0.1, -0.05) is 59.6 Å². The van der Waals surface area contributed by atoms with Crippen LogP contribution in [0.5, 0.6) is 0 Å². The van der Waals surface area contributed by atoms with E-state index >= 15 is 0 Å². The SMILES string of the molecule is O=C(NCc1ccc(Cl)cc1)C(=Cc1cccc([N+](=O)[O-])c1)C(=O)NCc1ccc(Cl)cc1. The quantitative estimate of drug-likeness (QED) is 0.156. The molecule has 0 spiro atoms. The van der Waals surface area contributed by atoms with Crippen molar-refractivity contribution in [2.45, 2.75) is 13.1 Å². The smallest absolute Gasteiger partial charge is 0.270 e. The topological polar surface area (TPSA) is 101 Å². The third-order valence-corrected chi connectivity index (χ3v) is 5.12. The van der Waals surface area contributed by atoms with Gasteiger partial charge >= 0.3 is 0 Å². The predicted octanol–water partition coefficient (Wildman–Crippen LogP) is 4.92. The molecule has 0 saturated carbocycles. The van der Waals surface area contributed by atoms with E-state index in [4.69, 9.17) is 23.2 Å². The van der Waals surface area contributed by atoms with Crippen molar-refractivity contribution in [1.29, 1.82) is 0 Å². The highest BCUT2D eigenvalue weighted by atomic mass is 35.5. The molecule has 0 aliphatic carbocycles. The molecule has 0 radical (unpaired) electrons. The molecule has 0 fully saturated rings. The summed E-state index contributed by atoms with van der Waals surface area (Å²) in [6.07, 6.45) is 1.32. The van der Waals surface area contributed by atoms with E-state index < -0.39 is 16.7 Å². The molecule has 9 heteroatoms. The lowest BCUT2D eigenvalue weighted by molar-refractivity contribution is -0.384. The second kappa shape index (κ2) is 11.3. The number of hydrogen-bond acceptors (Lipinski definition) is 4. The van der Waals surface area contributed by atoms with Crippen LogP contribution < -0.4 is 10.6 Å². The first-order valence-electron chi connectivity index (χ1n) is 9.83. The summed E-state index contributed by atoms with van der Waals surface area (Å²) in [6.45, 7) is 0.347. The van der Waals surface area contributed by atoms with Gasteiger partial charge < -0.3 is 10.6 Å². The van der Waals surface area contributed by atoms with Crippen LogP contribution in [0.4, 0.5) is 5.69 Å². The predicted molar refractivity (Wildman–Crippen MR) is 128 cm³/mol. The molecule has 3 aromatic rings. The highest BCUT2D eigenvalue weighted by Gasteiger charge is 2.19. The minimum Gasteiger partial charge on any atom is -0.348 e. The van der Waals surface area contributed by atoms with Gasteiger partial charge in [0.25, 0.3) is 17.5 Å². The van der Waals surface area contributed by atoms with E-state index in [9.17, 15) is 19.7 Å². The minimum atomic E-state index is -0.620. The fourth-order valence-electron chi connectivity index (χ4n) is 2.89. The molecule has 0 aromatic heterocycles. The molecule has 0 aliphatic rings. The number of halogens is 2. The Balaban J connectivity index is 1.81. The largest absolute Gasteiger partial charge is 0.348 e. The van der Waals surface area contributed by atoms with Crippen molar-refractivity contribution in [1.82, 2.24) is 10.6 Å². The second-order valence-electron chi connectivity index (χ2n) is 7.03. The number of non-ortho nitro benzene ring substituents is 1. The van der Waals surface area contributed by atoms with Crippen molar-refractivity contribution in [3.05, 3.63) is 115 Å². The van der Waals surface area contributed by atoms with Crippen molar-refractivity contribution in [2.75, 3.05) is 0 Å². The molecule has 168 valence electrons. The van der Waals surface area contributed by atoms with Gasteiger partial charge in [0.15, 0.2) is 0 Å². The molecule has 0 saturated heterocycles. The number of amides is 2. The highest BCUT2D eigenvalue weighted by Crippen LogP contribution is 2.17. The lowest BCUT2D eigenvalue weighted by Crippen LogP contribution is -2.34. The Morgan fingerprint density at radius 2 is 1.30 bits per heavy atom. The maximum Gasteiger partial charge on any atom is 0.270 e. The first kappa shape index (κ1) is 24.0. The average Bonchev–Trinajstić information content (AvgIpc) is 2.81. The Morgan fingerprint density at radius 3 is 1.76 bits per heavy atom. The molecule has 3 aromatic carbocycles. The molecule has 0 unspecified atom stereocenters. The van der Waals surface area contributed by atoms with Crippen LogP contribution in [0.3, 0.4) is 0 Å². The standard InChI is InChI=1S/C24H19Cl2N3O4/c25-19-8-4-16(5-9-19)14-27-23(30)22(13-18-2-1-3-21(12-18)29(32)33)24(31)28-15-17-6-10-20(26)11-7-17/h1-13H,14-15H2,(H,27,30)(H,28,31).